The Morgan fingerprint density at radius 1 is 0.882 bits per heavy atom. The number of rotatable bonds is 8. The van der Waals surface area contributed by atoms with E-state index in [9.17, 15) is 18.4 Å². The van der Waals surface area contributed by atoms with Gasteiger partial charge in [0.1, 0.15) is 17.7 Å². The number of carbonyl (C=O) groups excluding carboxylic acids is 2. The molecule has 178 valence electrons. The van der Waals surface area contributed by atoms with Gasteiger partial charge < -0.3 is 21.4 Å². The first-order valence-electron chi connectivity index (χ1n) is 10.1. The lowest BCUT2D eigenvalue weighted by molar-refractivity contribution is -0.118. The number of urea groups is 1. The molecule has 0 saturated carbocycles. The van der Waals surface area contributed by atoms with Crippen molar-refractivity contribution >= 4 is 40.6 Å². The van der Waals surface area contributed by atoms with Crippen LogP contribution in [0.5, 0.6) is 0 Å². The van der Waals surface area contributed by atoms with E-state index in [2.05, 4.69) is 26.9 Å². The molecule has 0 spiro atoms. The Morgan fingerprint density at radius 3 is 2.21 bits per heavy atom. The predicted octanol–water partition coefficient (Wildman–Crippen LogP) is 4.51. The molecule has 0 aromatic heterocycles. The van der Waals surface area contributed by atoms with E-state index < -0.39 is 29.6 Å². The maximum atomic E-state index is 14.6. The summed E-state index contributed by atoms with van der Waals surface area (Å²) in [6.45, 7) is 0. The minimum Gasteiger partial charge on any atom is -0.322 e. The molecule has 11 heteroatoms. The fourth-order valence-electron chi connectivity index (χ4n) is 2.90. The summed E-state index contributed by atoms with van der Waals surface area (Å²) < 4.78 is 29.1. The molecule has 8 nitrogen and oxygen atoms in total. The quantitative estimate of drug-likeness (QED) is 0.300. The Morgan fingerprint density at radius 2 is 1.56 bits per heavy atom. The van der Waals surface area contributed by atoms with Crippen molar-refractivity contribution in [3.63, 3.8) is 0 Å². The summed E-state index contributed by atoms with van der Waals surface area (Å²) in [6.07, 6.45) is 0. The van der Waals surface area contributed by atoms with Gasteiger partial charge in [-0.05, 0) is 42.5 Å². The summed E-state index contributed by atoms with van der Waals surface area (Å²) in [7, 11) is 3.49. The van der Waals surface area contributed by atoms with Gasteiger partial charge in [0.05, 0.1) is 11.4 Å². The van der Waals surface area contributed by atoms with Crippen LogP contribution < -0.4 is 26.9 Å². The standard InChI is InChI=1S/C23H23ClF2N6O2/c1-32(2)31-30-16-11-12-20(19(26)13-16)28-22(33)21(17-5-3-4-6-18(17)25)29-23(34)27-15-9-7-14(24)8-10-15/h3-13,21,30-31H,1-2H3,(H,28,33)(H2,27,29,34). The van der Waals surface area contributed by atoms with Crippen molar-refractivity contribution in [1.82, 2.24) is 15.9 Å². The van der Waals surface area contributed by atoms with E-state index in [0.717, 1.165) is 6.07 Å². The third-order valence-electron chi connectivity index (χ3n) is 4.51. The van der Waals surface area contributed by atoms with Gasteiger partial charge in [-0.25, -0.2) is 18.6 Å². The summed E-state index contributed by atoms with van der Waals surface area (Å²) in [5, 5.41) is 9.49. The summed E-state index contributed by atoms with van der Waals surface area (Å²) in [6, 6.07) is 13.6. The Labute approximate surface area is 200 Å². The van der Waals surface area contributed by atoms with Crippen molar-refractivity contribution in [1.29, 1.82) is 0 Å². The molecule has 0 fully saturated rings. The number of nitrogens with one attached hydrogen (secondary N) is 5. The number of anilines is 3. The van der Waals surface area contributed by atoms with Crippen LogP contribution in [0.1, 0.15) is 11.6 Å². The van der Waals surface area contributed by atoms with E-state index in [4.69, 9.17) is 11.6 Å². The molecule has 0 radical (unpaired) electrons. The van der Waals surface area contributed by atoms with Gasteiger partial charge in [0, 0.05) is 36.4 Å². The third kappa shape index (κ3) is 6.88. The molecule has 3 aromatic carbocycles. The van der Waals surface area contributed by atoms with E-state index >= 15 is 0 Å². The van der Waals surface area contributed by atoms with E-state index in [1.165, 1.54) is 36.4 Å². The van der Waals surface area contributed by atoms with Crippen molar-refractivity contribution in [3.05, 3.63) is 89.0 Å². The van der Waals surface area contributed by atoms with Gasteiger partial charge in [-0.3, -0.25) is 4.79 Å². The summed E-state index contributed by atoms with van der Waals surface area (Å²) in [5.41, 5.74) is 6.14. The number of halogens is 3. The lowest BCUT2D eigenvalue weighted by Crippen LogP contribution is -2.40. The molecule has 0 heterocycles. The SMILES string of the molecule is CN(C)NNc1ccc(NC(=O)C(NC(=O)Nc2ccc(Cl)cc2)c2ccccc2F)c(F)c1. The van der Waals surface area contributed by atoms with E-state index in [0.29, 0.717) is 16.4 Å². The maximum Gasteiger partial charge on any atom is 0.320 e. The van der Waals surface area contributed by atoms with Crippen LogP contribution in [0.15, 0.2) is 66.7 Å². The number of carbonyl (C=O) groups is 2. The molecular formula is C23H23ClF2N6O2. The first-order valence-corrected chi connectivity index (χ1v) is 10.5. The summed E-state index contributed by atoms with van der Waals surface area (Å²) in [5.74, 6) is -2.26. The highest BCUT2D eigenvalue weighted by Crippen LogP contribution is 2.23. The van der Waals surface area contributed by atoms with Gasteiger partial charge >= 0.3 is 6.03 Å². The zero-order valence-corrected chi connectivity index (χ0v) is 19.1. The van der Waals surface area contributed by atoms with Crippen molar-refractivity contribution in [2.45, 2.75) is 6.04 Å². The van der Waals surface area contributed by atoms with Crippen LogP contribution in [-0.4, -0.2) is 31.0 Å². The van der Waals surface area contributed by atoms with Gasteiger partial charge in [0.2, 0.25) is 0 Å². The normalized spacial score (nSPS) is 11.6. The number of hydrogen-bond donors (Lipinski definition) is 5. The molecule has 0 bridgehead atoms. The third-order valence-corrected chi connectivity index (χ3v) is 4.76. The van der Waals surface area contributed by atoms with Crippen LogP contribution in [0.4, 0.5) is 30.6 Å². The Kier molecular flexibility index (Phi) is 8.36. The van der Waals surface area contributed by atoms with Gasteiger partial charge in [-0.15, -0.1) is 0 Å². The highest BCUT2D eigenvalue weighted by molar-refractivity contribution is 6.30. The van der Waals surface area contributed by atoms with Crippen LogP contribution in [0.25, 0.3) is 0 Å². The zero-order valence-electron chi connectivity index (χ0n) is 18.3. The number of hydrogen-bond acceptors (Lipinski definition) is 5. The maximum absolute atomic E-state index is 14.6. The smallest absolute Gasteiger partial charge is 0.320 e. The highest BCUT2D eigenvalue weighted by Gasteiger charge is 2.26. The fraction of sp³-hybridized carbons (Fsp3) is 0.130. The Bertz CT molecular complexity index is 1160. The number of nitrogens with zero attached hydrogens (tertiary/aromatic N) is 1. The molecule has 3 amide bonds. The first-order chi connectivity index (χ1) is 16.2. The number of amides is 3. The number of benzene rings is 3. The predicted molar refractivity (Wildman–Crippen MR) is 128 cm³/mol. The Balaban J connectivity index is 1.78. The van der Waals surface area contributed by atoms with Crippen LogP contribution in [0.3, 0.4) is 0 Å². The Hall–Kier alpha value is -3.73. The van der Waals surface area contributed by atoms with E-state index in [1.54, 1.807) is 43.4 Å². The topological polar surface area (TPSA) is 97.5 Å². The van der Waals surface area contributed by atoms with Crippen molar-refractivity contribution in [2.75, 3.05) is 30.2 Å². The second-order valence-corrected chi connectivity index (χ2v) is 7.81. The molecule has 0 aliphatic carbocycles. The van der Waals surface area contributed by atoms with Crippen LogP contribution in [0, 0.1) is 11.6 Å². The summed E-state index contributed by atoms with van der Waals surface area (Å²) in [4.78, 5) is 25.5. The summed E-state index contributed by atoms with van der Waals surface area (Å²) >= 11 is 5.84. The van der Waals surface area contributed by atoms with Gasteiger partial charge in [-0.2, -0.15) is 5.53 Å². The van der Waals surface area contributed by atoms with Crippen molar-refractivity contribution in [3.8, 4) is 0 Å². The second-order valence-electron chi connectivity index (χ2n) is 7.37. The van der Waals surface area contributed by atoms with E-state index in [-0.39, 0.29) is 11.3 Å². The van der Waals surface area contributed by atoms with Crippen LogP contribution in [-0.2, 0) is 4.79 Å². The molecule has 1 unspecified atom stereocenters. The van der Waals surface area contributed by atoms with Gasteiger partial charge in [0.15, 0.2) is 0 Å². The molecule has 3 aromatic rings. The first kappa shape index (κ1) is 24.9. The molecule has 0 aliphatic rings. The van der Waals surface area contributed by atoms with Gasteiger partial charge in [-0.1, -0.05) is 29.8 Å². The van der Waals surface area contributed by atoms with E-state index in [1.807, 2.05) is 0 Å². The minimum absolute atomic E-state index is 0.0832. The lowest BCUT2D eigenvalue weighted by atomic mass is 10.1. The van der Waals surface area contributed by atoms with Crippen LogP contribution >= 0.6 is 11.6 Å². The van der Waals surface area contributed by atoms with Gasteiger partial charge in [0.25, 0.3) is 5.91 Å². The van der Waals surface area contributed by atoms with Crippen molar-refractivity contribution < 1.29 is 18.4 Å². The monoisotopic (exact) mass is 488 g/mol. The molecule has 0 saturated heterocycles. The molecule has 3 rings (SSSR count). The average molecular weight is 489 g/mol. The average Bonchev–Trinajstić information content (AvgIpc) is 2.79. The molecular weight excluding hydrogens is 466 g/mol. The second kappa shape index (κ2) is 11.4. The largest absolute Gasteiger partial charge is 0.322 e. The molecule has 1 atom stereocenters. The fourth-order valence-corrected chi connectivity index (χ4v) is 3.03. The van der Waals surface area contributed by atoms with Crippen molar-refractivity contribution in [2.24, 2.45) is 0 Å². The molecule has 5 N–H and O–H groups in total. The zero-order chi connectivity index (χ0) is 24.7. The lowest BCUT2D eigenvalue weighted by Gasteiger charge is -2.20. The minimum atomic E-state index is -1.44. The molecule has 0 aliphatic heterocycles. The van der Waals surface area contributed by atoms with Crippen LogP contribution in [0.2, 0.25) is 5.02 Å². The molecule has 34 heavy (non-hydrogen) atoms. The number of hydrazine groups is 2. The highest BCUT2D eigenvalue weighted by atomic mass is 35.5.